The molecule has 0 aromatic heterocycles. The summed E-state index contributed by atoms with van der Waals surface area (Å²) in [6.45, 7) is 2.25. The topological polar surface area (TPSA) is 37.3 Å². The quantitative estimate of drug-likeness (QED) is 0.716. The first-order valence-electron chi connectivity index (χ1n) is 8.51. The number of hydrogen-bond donors (Lipinski definition) is 1. The summed E-state index contributed by atoms with van der Waals surface area (Å²) in [6.07, 6.45) is 11.0. The molecule has 0 bridgehead atoms. The zero-order valence-corrected chi connectivity index (χ0v) is 12.5. The molecule has 2 heteroatoms. The minimum absolute atomic E-state index is 0.0145. The largest absolute Gasteiger partial charge is 0.513 e. The Balaban J connectivity index is 1.61. The van der Waals surface area contributed by atoms with E-state index in [2.05, 4.69) is 13.0 Å². The van der Waals surface area contributed by atoms with Crippen LogP contribution in [0.15, 0.2) is 11.8 Å². The van der Waals surface area contributed by atoms with E-state index in [1.807, 2.05) is 0 Å². The molecule has 0 saturated heterocycles. The lowest BCUT2D eigenvalue weighted by atomic mass is 9.51. The third kappa shape index (κ3) is 1.66. The molecule has 4 aliphatic carbocycles. The molecule has 3 saturated carbocycles. The van der Waals surface area contributed by atoms with Gasteiger partial charge in [0.15, 0.2) is 0 Å². The van der Waals surface area contributed by atoms with Crippen molar-refractivity contribution in [1.82, 2.24) is 0 Å². The molecule has 1 N–H and O–H groups in total. The van der Waals surface area contributed by atoms with Gasteiger partial charge in [0.1, 0.15) is 5.78 Å². The minimum Gasteiger partial charge on any atom is -0.513 e. The van der Waals surface area contributed by atoms with E-state index in [1.165, 1.54) is 19.3 Å². The van der Waals surface area contributed by atoms with Crippen molar-refractivity contribution in [3.8, 4) is 0 Å². The first-order chi connectivity index (χ1) is 9.59. The van der Waals surface area contributed by atoms with Crippen molar-refractivity contribution in [3.05, 3.63) is 11.8 Å². The second-order valence-electron chi connectivity index (χ2n) is 7.99. The summed E-state index contributed by atoms with van der Waals surface area (Å²) >= 11 is 0. The van der Waals surface area contributed by atoms with Crippen LogP contribution >= 0.6 is 0 Å². The average molecular weight is 274 g/mol. The monoisotopic (exact) mass is 274 g/mol. The predicted octanol–water partition coefficient (Wildman–Crippen LogP) is 4.26. The minimum atomic E-state index is 0.0145. The summed E-state index contributed by atoms with van der Waals surface area (Å²) in [7, 11) is 0. The van der Waals surface area contributed by atoms with E-state index in [4.69, 9.17) is 0 Å². The summed E-state index contributed by atoms with van der Waals surface area (Å²) in [6, 6.07) is 0. The Morgan fingerprint density at radius 2 is 2.00 bits per heavy atom. The normalized spacial score (nSPS) is 51.0. The molecule has 3 fully saturated rings. The van der Waals surface area contributed by atoms with Crippen molar-refractivity contribution >= 4 is 5.78 Å². The van der Waals surface area contributed by atoms with Gasteiger partial charge in [0.05, 0.1) is 5.76 Å². The number of aliphatic hydroxyl groups is 1. The van der Waals surface area contributed by atoms with Crippen LogP contribution in [0.2, 0.25) is 0 Å². The van der Waals surface area contributed by atoms with Crippen LogP contribution in [0.3, 0.4) is 0 Å². The number of carbonyl (C=O) groups is 1. The predicted molar refractivity (Wildman–Crippen MR) is 78.2 cm³/mol. The van der Waals surface area contributed by atoms with Crippen molar-refractivity contribution in [2.24, 2.45) is 35.0 Å². The van der Waals surface area contributed by atoms with Crippen LogP contribution < -0.4 is 0 Å². The summed E-state index contributed by atoms with van der Waals surface area (Å²) < 4.78 is 0. The van der Waals surface area contributed by atoms with E-state index in [-0.39, 0.29) is 5.41 Å². The molecule has 6 atom stereocenters. The van der Waals surface area contributed by atoms with Crippen LogP contribution in [0.4, 0.5) is 0 Å². The second kappa shape index (κ2) is 4.35. The van der Waals surface area contributed by atoms with E-state index in [9.17, 15) is 9.90 Å². The number of hydrogen-bond acceptors (Lipinski definition) is 2. The number of Topliss-reactive ketones (excluding diaryl/α,β-unsaturated/α-hetero) is 1. The Bertz CT molecular complexity index is 466. The number of carbonyl (C=O) groups excluding carboxylic acids is 1. The molecule has 0 heterocycles. The lowest BCUT2D eigenvalue weighted by Gasteiger charge is -2.53. The molecule has 4 rings (SSSR count). The molecule has 4 aliphatic rings. The molecule has 0 unspecified atom stereocenters. The highest BCUT2D eigenvalue weighted by molar-refractivity contribution is 5.87. The Morgan fingerprint density at radius 3 is 2.85 bits per heavy atom. The maximum absolute atomic E-state index is 12.3. The molecule has 0 aliphatic heterocycles. The fourth-order valence-electron chi connectivity index (χ4n) is 6.25. The first-order valence-corrected chi connectivity index (χ1v) is 8.51. The van der Waals surface area contributed by atoms with E-state index in [1.54, 1.807) is 0 Å². The highest BCUT2D eigenvalue weighted by Gasteiger charge is 2.56. The highest BCUT2D eigenvalue weighted by atomic mass is 16.3. The standard InChI is InChI=1S/C18H26O2/c1-18-9-8-14-13-5-3-12(19)10-11(13)2-4-15(14)16(18)6-7-17(18)20/h3,11,13-16,19H,2,4-10H2,1H3/t11-,13-,14+,15+,16-,18-/m0/s1. The van der Waals surface area contributed by atoms with Crippen LogP contribution in [0.1, 0.15) is 58.3 Å². The van der Waals surface area contributed by atoms with Gasteiger partial charge in [-0.25, -0.2) is 0 Å². The lowest BCUT2D eigenvalue weighted by Crippen LogP contribution is -2.48. The molecule has 0 radical (unpaired) electrons. The highest BCUT2D eigenvalue weighted by Crippen LogP contribution is 2.61. The summed E-state index contributed by atoms with van der Waals surface area (Å²) in [5.41, 5.74) is 0.0145. The zero-order chi connectivity index (χ0) is 13.9. The van der Waals surface area contributed by atoms with Crippen molar-refractivity contribution in [3.63, 3.8) is 0 Å². The maximum Gasteiger partial charge on any atom is 0.139 e. The van der Waals surface area contributed by atoms with E-state index in [0.29, 0.717) is 23.4 Å². The molecule has 0 amide bonds. The molecular formula is C18H26O2. The second-order valence-corrected chi connectivity index (χ2v) is 7.99. The van der Waals surface area contributed by atoms with Gasteiger partial charge in [-0.05, 0) is 74.2 Å². The Labute approximate surface area is 121 Å². The van der Waals surface area contributed by atoms with Gasteiger partial charge >= 0.3 is 0 Å². The smallest absolute Gasteiger partial charge is 0.139 e. The third-order valence-electron chi connectivity index (χ3n) is 7.32. The summed E-state index contributed by atoms with van der Waals surface area (Å²) in [5, 5.41) is 9.79. The summed E-state index contributed by atoms with van der Waals surface area (Å²) in [5.74, 6) is 4.93. The number of rotatable bonds is 0. The number of allylic oxidation sites excluding steroid dienone is 2. The number of fused-ring (bicyclic) bond motifs is 5. The molecule has 0 aromatic rings. The number of ketones is 1. The van der Waals surface area contributed by atoms with Gasteiger partial charge in [0.2, 0.25) is 0 Å². The van der Waals surface area contributed by atoms with Gasteiger partial charge in [0, 0.05) is 18.3 Å². The fourth-order valence-corrected chi connectivity index (χ4v) is 6.25. The van der Waals surface area contributed by atoms with Crippen LogP contribution in [-0.4, -0.2) is 10.9 Å². The SMILES string of the molecule is C[C@]12CC[C@H]3[C@@H](CC[C@H]4CC(O)=CC[C@@H]43)[C@@H]1CCC2=O. The Hall–Kier alpha value is -0.790. The van der Waals surface area contributed by atoms with Crippen molar-refractivity contribution in [2.45, 2.75) is 58.3 Å². The first kappa shape index (κ1) is 12.9. The fraction of sp³-hybridized carbons (Fsp3) is 0.833. The van der Waals surface area contributed by atoms with Gasteiger partial charge in [-0.3, -0.25) is 4.79 Å². The van der Waals surface area contributed by atoms with Gasteiger partial charge < -0.3 is 5.11 Å². The molecule has 2 nitrogen and oxygen atoms in total. The van der Waals surface area contributed by atoms with E-state index < -0.39 is 0 Å². The van der Waals surface area contributed by atoms with Crippen molar-refractivity contribution < 1.29 is 9.90 Å². The Morgan fingerprint density at radius 1 is 1.15 bits per heavy atom. The zero-order valence-electron chi connectivity index (χ0n) is 12.5. The van der Waals surface area contributed by atoms with Gasteiger partial charge in [-0.2, -0.15) is 0 Å². The molecule has 20 heavy (non-hydrogen) atoms. The summed E-state index contributed by atoms with van der Waals surface area (Å²) in [4.78, 5) is 12.3. The van der Waals surface area contributed by atoms with Crippen molar-refractivity contribution in [1.29, 1.82) is 0 Å². The third-order valence-corrected chi connectivity index (χ3v) is 7.32. The molecule has 0 aromatic carbocycles. The van der Waals surface area contributed by atoms with Crippen LogP contribution in [0.5, 0.6) is 0 Å². The molecule has 0 spiro atoms. The number of aliphatic hydroxyl groups excluding tert-OH is 1. The van der Waals surface area contributed by atoms with Crippen molar-refractivity contribution in [2.75, 3.05) is 0 Å². The lowest BCUT2D eigenvalue weighted by molar-refractivity contribution is -0.132. The van der Waals surface area contributed by atoms with Gasteiger partial charge in [0.25, 0.3) is 0 Å². The van der Waals surface area contributed by atoms with Crippen LogP contribution in [0.25, 0.3) is 0 Å². The average Bonchev–Trinajstić information content (AvgIpc) is 2.74. The molecular weight excluding hydrogens is 248 g/mol. The van der Waals surface area contributed by atoms with E-state index >= 15 is 0 Å². The van der Waals surface area contributed by atoms with E-state index in [0.717, 1.165) is 49.9 Å². The van der Waals surface area contributed by atoms with Gasteiger partial charge in [-0.1, -0.05) is 6.92 Å². The van der Waals surface area contributed by atoms with Crippen LogP contribution in [0, 0.1) is 35.0 Å². The molecule has 110 valence electrons. The Kier molecular flexibility index (Phi) is 2.81. The van der Waals surface area contributed by atoms with Gasteiger partial charge in [-0.15, -0.1) is 0 Å². The van der Waals surface area contributed by atoms with Crippen LogP contribution in [-0.2, 0) is 4.79 Å². The maximum atomic E-state index is 12.3.